The lowest BCUT2D eigenvalue weighted by Gasteiger charge is -2.31. The first-order valence-electron chi connectivity index (χ1n) is 12.0. The minimum atomic E-state index is -0.144. The van der Waals surface area contributed by atoms with E-state index in [9.17, 15) is 9.90 Å². The maximum Gasteiger partial charge on any atom is 0.168 e. The molecule has 0 spiro atoms. The monoisotopic (exact) mass is 458 g/mol. The van der Waals surface area contributed by atoms with Crippen LogP contribution in [-0.2, 0) is 17.8 Å². The van der Waals surface area contributed by atoms with Crippen molar-refractivity contribution >= 4 is 22.4 Å². The number of nitrogens with zero attached hydrogens (tertiary/aromatic N) is 1. The second kappa shape index (κ2) is 9.88. The number of hydrogen-bond donors (Lipinski definition) is 2. The minimum absolute atomic E-state index is 0.00201. The fourth-order valence-electron chi connectivity index (χ4n) is 4.74. The van der Waals surface area contributed by atoms with Crippen molar-refractivity contribution in [1.29, 1.82) is 0 Å². The molecular weight excluding hydrogens is 424 g/mol. The summed E-state index contributed by atoms with van der Waals surface area (Å²) in [5.41, 5.74) is 5.56. The molecule has 1 fully saturated rings. The molecule has 178 valence electrons. The van der Waals surface area contributed by atoms with Gasteiger partial charge in [0, 0.05) is 41.7 Å². The highest BCUT2D eigenvalue weighted by atomic mass is 16.5. The lowest BCUT2D eigenvalue weighted by molar-refractivity contribution is -0.117. The van der Waals surface area contributed by atoms with Crippen LogP contribution in [0.5, 0.6) is 5.75 Å². The Morgan fingerprint density at radius 2 is 1.91 bits per heavy atom. The zero-order valence-corrected chi connectivity index (χ0v) is 20.6. The molecule has 2 aromatic carbocycles. The van der Waals surface area contributed by atoms with Gasteiger partial charge in [-0.2, -0.15) is 0 Å². The van der Waals surface area contributed by atoms with Gasteiger partial charge < -0.3 is 14.8 Å². The van der Waals surface area contributed by atoms with Crippen molar-refractivity contribution in [3.8, 4) is 5.75 Å². The van der Waals surface area contributed by atoms with Crippen LogP contribution in [0.4, 0.5) is 0 Å². The number of H-pyrrole nitrogens is 1. The highest BCUT2D eigenvalue weighted by molar-refractivity contribution is 6.24. The second-order valence-corrected chi connectivity index (χ2v) is 9.90. The third kappa shape index (κ3) is 5.24. The lowest BCUT2D eigenvalue weighted by atomic mass is 9.73. The first-order chi connectivity index (χ1) is 16.3. The van der Waals surface area contributed by atoms with Crippen LogP contribution in [0.15, 0.2) is 64.9 Å². The van der Waals surface area contributed by atoms with Gasteiger partial charge in [0.05, 0.1) is 5.57 Å². The average molecular weight is 459 g/mol. The van der Waals surface area contributed by atoms with Gasteiger partial charge in [0.15, 0.2) is 5.78 Å². The van der Waals surface area contributed by atoms with Gasteiger partial charge in [-0.15, -0.1) is 0 Å². The van der Waals surface area contributed by atoms with Gasteiger partial charge in [0.2, 0.25) is 0 Å². The van der Waals surface area contributed by atoms with Gasteiger partial charge >= 0.3 is 0 Å². The van der Waals surface area contributed by atoms with E-state index in [0.29, 0.717) is 38.0 Å². The number of carbonyl (C=O) groups excluding carboxylic acids is 1. The summed E-state index contributed by atoms with van der Waals surface area (Å²) in [5, 5.41) is 11.5. The van der Waals surface area contributed by atoms with E-state index >= 15 is 0 Å². The Morgan fingerprint density at radius 1 is 1.15 bits per heavy atom. The van der Waals surface area contributed by atoms with E-state index in [4.69, 9.17) is 9.73 Å². The third-order valence-electron chi connectivity index (χ3n) is 6.48. The normalized spacial score (nSPS) is 18.5. The molecule has 1 aliphatic rings. The smallest absolute Gasteiger partial charge is 0.168 e. The van der Waals surface area contributed by atoms with Crippen LogP contribution >= 0.6 is 0 Å². The highest BCUT2D eigenvalue weighted by Gasteiger charge is 2.35. The molecule has 0 amide bonds. The number of fused-ring (bicyclic) bond motifs is 1. The predicted octanol–water partition coefficient (Wildman–Crippen LogP) is 6.65. The zero-order chi connectivity index (χ0) is 24.3. The van der Waals surface area contributed by atoms with Crippen LogP contribution in [0.3, 0.4) is 0 Å². The Kier molecular flexibility index (Phi) is 6.92. The molecule has 1 saturated carbocycles. The number of aromatic amines is 1. The number of hydrogen-bond acceptors (Lipinski definition) is 4. The number of Topliss-reactive ketones (excluding diaryl/α,β-unsaturated/α-hetero) is 1. The molecule has 0 unspecified atom stereocenters. The van der Waals surface area contributed by atoms with E-state index in [1.807, 2.05) is 31.2 Å². The van der Waals surface area contributed by atoms with Crippen molar-refractivity contribution in [2.75, 3.05) is 6.54 Å². The number of aliphatic hydroxyl groups excluding tert-OH is 1. The zero-order valence-electron chi connectivity index (χ0n) is 20.6. The number of allylic oxidation sites excluding steroid dienone is 2. The van der Waals surface area contributed by atoms with Crippen LogP contribution in [0.2, 0.25) is 0 Å². The fourth-order valence-corrected chi connectivity index (χ4v) is 4.74. The van der Waals surface area contributed by atoms with Crippen LogP contribution < -0.4 is 4.74 Å². The summed E-state index contributed by atoms with van der Waals surface area (Å²) < 4.78 is 6.04. The fraction of sp³-hybridized carbons (Fsp3) is 0.379. The number of ketones is 1. The number of carbonyl (C=O) groups is 1. The van der Waals surface area contributed by atoms with E-state index < -0.39 is 0 Å². The van der Waals surface area contributed by atoms with Crippen LogP contribution in [0.25, 0.3) is 10.9 Å². The Balaban J connectivity index is 1.54. The summed E-state index contributed by atoms with van der Waals surface area (Å²) in [7, 11) is 0. The summed E-state index contributed by atoms with van der Waals surface area (Å²) in [5.74, 6) is 0.987. The van der Waals surface area contributed by atoms with Crippen molar-refractivity contribution in [2.45, 2.75) is 60.0 Å². The summed E-state index contributed by atoms with van der Waals surface area (Å²) in [4.78, 5) is 21.0. The first-order valence-corrected chi connectivity index (χ1v) is 12.0. The number of rotatable bonds is 7. The molecule has 2 N–H and O–H groups in total. The van der Waals surface area contributed by atoms with Crippen LogP contribution in [-0.4, -0.2) is 28.1 Å². The Labute approximate surface area is 201 Å². The maximum atomic E-state index is 12.7. The van der Waals surface area contributed by atoms with Crippen molar-refractivity contribution in [1.82, 2.24) is 4.98 Å². The molecule has 0 bridgehead atoms. The van der Waals surface area contributed by atoms with Crippen molar-refractivity contribution in [2.24, 2.45) is 10.4 Å². The van der Waals surface area contributed by atoms with Gasteiger partial charge in [0.25, 0.3) is 0 Å². The quantitative estimate of drug-likeness (QED) is 0.307. The standard InChI is InChI=1S/C29H34N2O3/c1-5-26(32)28-25(16-29(3,4)17-27(28)33)30-14-13-22-19(2)31-24-12-11-21(15-23(22)24)34-18-20-9-7-6-8-10-20/h6-12,15,31-32H,5,13-14,16-18H2,1-4H3/b28-26+,30-25?. The van der Waals surface area contributed by atoms with Gasteiger partial charge in [-0.05, 0) is 54.5 Å². The van der Waals surface area contributed by atoms with Crippen molar-refractivity contribution < 1.29 is 14.6 Å². The van der Waals surface area contributed by atoms with Crippen molar-refractivity contribution in [3.63, 3.8) is 0 Å². The first kappa shape index (κ1) is 23.8. The molecule has 5 nitrogen and oxygen atoms in total. The highest BCUT2D eigenvalue weighted by Crippen LogP contribution is 2.36. The SMILES string of the molecule is CC/C(O)=C1\C(=O)CC(C)(C)CC1=NCCc1c(C)[nH]c2ccc(OCc3ccccc3)cc12. The van der Waals surface area contributed by atoms with Gasteiger partial charge in [-0.3, -0.25) is 9.79 Å². The number of benzene rings is 2. The number of aryl methyl sites for hydroxylation is 1. The molecular formula is C29H34N2O3. The molecule has 1 aromatic heterocycles. The second-order valence-electron chi connectivity index (χ2n) is 9.90. The van der Waals surface area contributed by atoms with E-state index in [0.717, 1.165) is 40.0 Å². The average Bonchev–Trinajstić information content (AvgIpc) is 3.11. The predicted molar refractivity (Wildman–Crippen MR) is 138 cm³/mol. The number of ether oxygens (including phenoxy) is 1. The molecule has 1 heterocycles. The Bertz CT molecular complexity index is 1250. The Hall–Kier alpha value is -3.34. The van der Waals surface area contributed by atoms with Gasteiger partial charge in [-0.25, -0.2) is 0 Å². The number of aliphatic imine (C=N–C) groups is 1. The summed E-state index contributed by atoms with van der Waals surface area (Å²) in [6, 6.07) is 16.3. The molecule has 0 aliphatic heterocycles. The molecule has 1 aliphatic carbocycles. The van der Waals surface area contributed by atoms with Gasteiger partial charge in [0.1, 0.15) is 18.1 Å². The summed E-state index contributed by atoms with van der Waals surface area (Å²) in [6.07, 6.45) is 2.32. The number of aliphatic hydroxyl groups is 1. The van der Waals surface area contributed by atoms with Gasteiger partial charge in [-0.1, -0.05) is 51.1 Å². The molecule has 0 radical (unpaired) electrons. The van der Waals surface area contributed by atoms with E-state index in [2.05, 4.69) is 50.0 Å². The largest absolute Gasteiger partial charge is 0.512 e. The maximum absolute atomic E-state index is 12.7. The molecule has 4 rings (SSSR count). The number of aromatic nitrogens is 1. The number of nitrogens with one attached hydrogen (secondary N) is 1. The van der Waals surface area contributed by atoms with E-state index in [1.165, 1.54) is 5.56 Å². The minimum Gasteiger partial charge on any atom is -0.512 e. The summed E-state index contributed by atoms with van der Waals surface area (Å²) >= 11 is 0. The van der Waals surface area contributed by atoms with E-state index in [-0.39, 0.29) is 17.0 Å². The summed E-state index contributed by atoms with van der Waals surface area (Å²) in [6.45, 7) is 9.19. The van der Waals surface area contributed by atoms with Crippen LogP contribution in [0.1, 0.15) is 56.9 Å². The molecule has 3 aromatic rings. The lowest BCUT2D eigenvalue weighted by Crippen LogP contribution is -2.32. The molecule has 5 heteroatoms. The van der Waals surface area contributed by atoms with E-state index in [1.54, 1.807) is 0 Å². The van der Waals surface area contributed by atoms with Crippen molar-refractivity contribution in [3.05, 3.63) is 76.7 Å². The topological polar surface area (TPSA) is 74.7 Å². The molecule has 0 atom stereocenters. The third-order valence-corrected chi connectivity index (χ3v) is 6.48. The Morgan fingerprint density at radius 3 is 2.65 bits per heavy atom. The van der Waals surface area contributed by atoms with Crippen LogP contribution in [0, 0.1) is 12.3 Å². The molecule has 34 heavy (non-hydrogen) atoms. The molecule has 0 saturated heterocycles.